The number of fused-ring (bicyclic) bond motifs is 1. The highest BCUT2D eigenvalue weighted by Crippen LogP contribution is 2.37. The van der Waals surface area contributed by atoms with Gasteiger partial charge in [0.15, 0.2) is 0 Å². The second-order valence-electron chi connectivity index (χ2n) is 11.5. The van der Waals surface area contributed by atoms with E-state index in [1.165, 1.54) is 12.8 Å². The van der Waals surface area contributed by atoms with Crippen LogP contribution in [0, 0.1) is 5.41 Å². The summed E-state index contributed by atoms with van der Waals surface area (Å²) >= 11 is 0. The molecule has 5 aromatic rings. The average molecular weight is 562 g/mol. The summed E-state index contributed by atoms with van der Waals surface area (Å²) in [5, 5.41) is 3.44. The van der Waals surface area contributed by atoms with Crippen molar-refractivity contribution in [3.63, 3.8) is 0 Å². The number of benzene rings is 3. The maximum absolute atomic E-state index is 13.7. The number of hydrogen-bond acceptors (Lipinski definition) is 6. The van der Waals surface area contributed by atoms with Crippen molar-refractivity contribution in [1.29, 1.82) is 0 Å². The standard InChI is InChI=1S/C34H35N5O3/c1-37-30-20-27(38-18-16-34(17-19-38)23-35-24-34)12-13-28(30)39(33(37)40)29-14-15-31(41-21-25-8-4-2-5-9-25)36-32(29)42-22-26-10-6-3-7-11-26/h2-15,20,35H,16-19,21-24H2,1H3. The first-order valence-electron chi connectivity index (χ1n) is 14.6. The van der Waals surface area contributed by atoms with Gasteiger partial charge in [-0.25, -0.2) is 4.79 Å². The van der Waals surface area contributed by atoms with Gasteiger partial charge in [0.2, 0.25) is 11.8 Å². The van der Waals surface area contributed by atoms with Crippen LogP contribution >= 0.6 is 0 Å². The molecule has 0 bridgehead atoms. The molecule has 7 rings (SSSR count). The molecule has 2 fully saturated rings. The predicted molar refractivity (Wildman–Crippen MR) is 165 cm³/mol. The SMILES string of the molecule is Cn1c(=O)n(-c2ccc(OCc3ccccc3)nc2OCc2ccccc2)c2ccc(N3CCC4(CC3)CNC4)cc21. The van der Waals surface area contributed by atoms with Gasteiger partial charge in [0.25, 0.3) is 0 Å². The van der Waals surface area contributed by atoms with Crippen molar-refractivity contribution in [2.45, 2.75) is 26.1 Å². The highest BCUT2D eigenvalue weighted by Gasteiger charge is 2.39. The number of pyridine rings is 1. The summed E-state index contributed by atoms with van der Waals surface area (Å²) in [6.45, 7) is 5.04. The first-order chi connectivity index (χ1) is 20.6. The van der Waals surface area contributed by atoms with Crippen molar-refractivity contribution >= 4 is 16.7 Å². The molecule has 0 radical (unpaired) electrons. The first kappa shape index (κ1) is 26.3. The van der Waals surface area contributed by atoms with E-state index in [1.807, 2.05) is 79.8 Å². The number of aromatic nitrogens is 3. The number of hydrogen-bond donors (Lipinski definition) is 1. The Morgan fingerprint density at radius 1 is 0.810 bits per heavy atom. The van der Waals surface area contributed by atoms with Gasteiger partial charge in [0.05, 0.1) is 11.0 Å². The third kappa shape index (κ3) is 5.03. The Hall–Kier alpha value is -4.56. The molecule has 1 N–H and O–H groups in total. The lowest BCUT2D eigenvalue weighted by Gasteiger charge is -2.49. The van der Waals surface area contributed by atoms with Crippen LogP contribution in [0.2, 0.25) is 0 Å². The molecular weight excluding hydrogens is 526 g/mol. The lowest BCUT2D eigenvalue weighted by Crippen LogP contribution is -2.58. The van der Waals surface area contributed by atoms with E-state index in [9.17, 15) is 4.79 Å². The summed E-state index contributed by atoms with van der Waals surface area (Å²) in [7, 11) is 1.82. The van der Waals surface area contributed by atoms with Gasteiger partial charge >= 0.3 is 5.69 Å². The molecule has 2 saturated heterocycles. The molecule has 0 saturated carbocycles. The maximum Gasteiger partial charge on any atom is 0.333 e. The van der Waals surface area contributed by atoms with Crippen LogP contribution in [0.3, 0.4) is 0 Å². The van der Waals surface area contributed by atoms with Crippen LogP contribution in [0.4, 0.5) is 5.69 Å². The van der Waals surface area contributed by atoms with Gasteiger partial charge in [-0.15, -0.1) is 0 Å². The molecule has 0 amide bonds. The molecule has 8 heteroatoms. The summed E-state index contributed by atoms with van der Waals surface area (Å²) in [5.41, 5.74) is 5.82. The van der Waals surface area contributed by atoms with Crippen molar-refractivity contribution in [2.75, 3.05) is 31.1 Å². The second kappa shape index (κ2) is 11.0. The maximum atomic E-state index is 13.7. The van der Waals surface area contributed by atoms with Crippen LogP contribution in [0.25, 0.3) is 16.7 Å². The van der Waals surface area contributed by atoms with Crippen LogP contribution in [0.15, 0.2) is 95.8 Å². The molecule has 0 atom stereocenters. The third-order valence-electron chi connectivity index (χ3n) is 8.73. The van der Waals surface area contributed by atoms with Crippen molar-refractivity contribution in [1.82, 2.24) is 19.4 Å². The van der Waals surface area contributed by atoms with Gasteiger partial charge in [0, 0.05) is 45.0 Å². The number of anilines is 1. The van der Waals surface area contributed by atoms with E-state index in [0.29, 0.717) is 36.1 Å². The lowest BCUT2D eigenvalue weighted by molar-refractivity contribution is 0.126. The Morgan fingerprint density at radius 3 is 2.12 bits per heavy atom. The second-order valence-corrected chi connectivity index (χ2v) is 11.5. The van der Waals surface area contributed by atoms with Crippen LogP contribution < -0.4 is 25.4 Å². The van der Waals surface area contributed by atoms with Gasteiger partial charge in [-0.3, -0.25) is 9.13 Å². The minimum absolute atomic E-state index is 0.149. The van der Waals surface area contributed by atoms with E-state index in [2.05, 4.69) is 22.3 Å². The monoisotopic (exact) mass is 561 g/mol. The summed E-state index contributed by atoms with van der Waals surface area (Å²) < 4.78 is 15.7. The molecule has 4 heterocycles. The van der Waals surface area contributed by atoms with Crippen LogP contribution in [-0.2, 0) is 20.3 Å². The van der Waals surface area contributed by atoms with E-state index in [1.54, 1.807) is 15.2 Å². The highest BCUT2D eigenvalue weighted by atomic mass is 16.5. The van der Waals surface area contributed by atoms with E-state index in [-0.39, 0.29) is 5.69 Å². The van der Waals surface area contributed by atoms with E-state index >= 15 is 0 Å². The first-order valence-corrected chi connectivity index (χ1v) is 14.6. The summed E-state index contributed by atoms with van der Waals surface area (Å²) in [4.78, 5) is 20.9. The Balaban J connectivity index is 1.22. The molecule has 2 aliphatic rings. The lowest BCUT2D eigenvalue weighted by atomic mass is 9.73. The van der Waals surface area contributed by atoms with Crippen LogP contribution in [0.1, 0.15) is 24.0 Å². The summed E-state index contributed by atoms with van der Waals surface area (Å²) in [5.74, 6) is 0.782. The van der Waals surface area contributed by atoms with Crippen molar-refractivity contribution in [3.8, 4) is 17.4 Å². The molecule has 1 spiro atoms. The topological polar surface area (TPSA) is 73.5 Å². The number of imidazole rings is 1. The molecule has 0 unspecified atom stereocenters. The summed E-state index contributed by atoms with van der Waals surface area (Å²) in [6.07, 6.45) is 2.40. The zero-order valence-electron chi connectivity index (χ0n) is 23.8. The molecule has 3 aromatic carbocycles. The van der Waals surface area contributed by atoms with E-state index in [0.717, 1.165) is 54.0 Å². The number of nitrogens with zero attached hydrogens (tertiary/aromatic N) is 4. The number of piperidine rings is 1. The van der Waals surface area contributed by atoms with Crippen molar-refractivity contribution in [3.05, 3.63) is 113 Å². The highest BCUT2D eigenvalue weighted by molar-refractivity contribution is 5.82. The molecule has 0 aliphatic carbocycles. The molecule has 42 heavy (non-hydrogen) atoms. The summed E-state index contributed by atoms with van der Waals surface area (Å²) in [6, 6.07) is 29.9. The molecule has 2 aliphatic heterocycles. The Bertz CT molecular complexity index is 1750. The van der Waals surface area contributed by atoms with Gasteiger partial charge in [-0.2, -0.15) is 4.98 Å². The van der Waals surface area contributed by atoms with Crippen LogP contribution in [-0.4, -0.2) is 40.3 Å². The third-order valence-corrected chi connectivity index (χ3v) is 8.73. The molecule has 8 nitrogen and oxygen atoms in total. The number of rotatable bonds is 8. The largest absolute Gasteiger partial charge is 0.473 e. The van der Waals surface area contributed by atoms with Gasteiger partial charge in [0.1, 0.15) is 18.9 Å². The predicted octanol–water partition coefficient (Wildman–Crippen LogP) is 5.07. The fourth-order valence-corrected chi connectivity index (χ4v) is 6.06. The molecule has 2 aromatic heterocycles. The minimum atomic E-state index is -0.149. The zero-order valence-corrected chi connectivity index (χ0v) is 23.8. The zero-order chi connectivity index (χ0) is 28.5. The van der Waals surface area contributed by atoms with Gasteiger partial charge in [-0.05, 0) is 53.6 Å². The Morgan fingerprint density at radius 2 is 1.48 bits per heavy atom. The smallest absolute Gasteiger partial charge is 0.333 e. The van der Waals surface area contributed by atoms with E-state index < -0.39 is 0 Å². The minimum Gasteiger partial charge on any atom is -0.473 e. The molecular formula is C34H35N5O3. The average Bonchev–Trinajstić information content (AvgIpc) is 3.28. The van der Waals surface area contributed by atoms with Gasteiger partial charge < -0.3 is 19.7 Å². The quantitative estimate of drug-likeness (QED) is 0.285. The fourth-order valence-electron chi connectivity index (χ4n) is 6.06. The van der Waals surface area contributed by atoms with E-state index in [4.69, 9.17) is 14.5 Å². The number of nitrogens with one attached hydrogen (secondary N) is 1. The van der Waals surface area contributed by atoms with Crippen molar-refractivity contribution in [2.24, 2.45) is 12.5 Å². The van der Waals surface area contributed by atoms with Crippen molar-refractivity contribution < 1.29 is 9.47 Å². The molecule has 214 valence electrons. The number of ether oxygens (including phenoxy) is 2. The fraction of sp³-hybridized carbons (Fsp3) is 0.294. The Kier molecular flexibility index (Phi) is 6.91. The Labute approximate surface area is 245 Å². The normalized spacial score (nSPS) is 16.0. The van der Waals surface area contributed by atoms with Crippen LogP contribution in [0.5, 0.6) is 11.8 Å². The van der Waals surface area contributed by atoms with Gasteiger partial charge in [-0.1, -0.05) is 60.7 Å². The number of aryl methyl sites for hydroxylation is 1.